The van der Waals surface area contributed by atoms with Crippen molar-refractivity contribution in [3.8, 4) is 0 Å². The van der Waals surface area contributed by atoms with E-state index in [-0.39, 0.29) is 0 Å². The molecule has 0 N–H and O–H groups in total. The van der Waals surface area contributed by atoms with E-state index in [4.69, 9.17) is 5.10 Å². The molecule has 136 valence electrons. The Morgan fingerprint density at radius 1 is 0.536 bits per heavy atom. The molecule has 0 heterocycles. The van der Waals surface area contributed by atoms with Gasteiger partial charge in [-0.2, -0.15) is 5.10 Å². The average Bonchev–Trinajstić information content (AvgIpc) is 2.79. The van der Waals surface area contributed by atoms with Crippen LogP contribution in [0, 0.1) is 0 Å². The fraction of sp³-hybridized carbons (Fsp3) is 0.0385. The van der Waals surface area contributed by atoms with Gasteiger partial charge in [-0.05, 0) is 17.7 Å². The third kappa shape index (κ3) is 4.36. The van der Waals surface area contributed by atoms with Crippen molar-refractivity contribution < 1.29 is 0 Å². The zero-order valence-electron chi connectivity index (χ0n) is 15.6. The minimum absolute atomic E-state index is 0.702. The summed E-state index contributed by atoms with van der Waals surface area (Å²) in [7, 11) is 0. The molecule has 0 unspecified atom stereocenters. The minimum atomic E-state index is 0.702. The fourth-order valence-electron chi connectivity index (χ4n) is 3.14. The van der Waals surface area contributed by atoms with Crippen molar-refractivity contribution in [3.05, 3.63) is 138 Å². The molecule has 28 heavy (non-hydrogen) atoms. The molecule has 0 radical (unpaired) electrons. The lowest BCUT2D eigenvalue weighted by Gasteiger charge is -2.22. The van der Waals surface area contributed by atoms with E-state index >= 15 is 0 Å². The maximum atomic E-state index is 5.13. The number of hydrazone groups is 1. The van der Waals surface area contributed by atoms with Crippen LogP contribution in [0.25, 0.3) is 0 Å². The molecule has 2 nitrogen and oxygen atoms in total. The van der Waals surface area contributed by atoms with Crippen LogP contribution in [0.2, 0.25) is 0 Å². The van der Waals surface area contributed by atoms with Crippen molar-refractivity contribution in [2.24, 2.45) is 5.10 Å². The Kier molecular flexibility index (Phi) is 5.60. The molecule has 0 bridgehead atoms. The molecule has 0 amide bonds. The van der Waals surface area contributed by atoms with Crippen molar-refractivity contribution in [2.45, 2.75) is 6.54 Å². The topological polar surface area (TPSA) is 15.6 Å². The molecular weight excluding hydrogens is 340 g/mol. The van der Waals surface area contributed by atoms with Gasteiger partial charge < -0.3 is 0 Å². The highest BCUT2D eigenvalue weighted by atomic mass is 15.5. The molecule has 4 rings (SSSR count). The van der Waals surface area contributed by atoms with Gasteiger partial charge in [-0.3, -0.25) is 5.01 Å². The van der Waals surface area contributed by atoms with Crippen LogP contribution in [-0.2, 0) is 6.54 Å². The molecule has 4 aromatic rings. The van der Waals surface area contributed by atoms with Crippen molar-refractivity contribution in [3.63, 3.8) is 0 Å². The Morgan fingerprint density at radius 3 is 1.46 bits per heavy atom. The zero-order valence-corrected chi connectivity index (χ0v) is 15.6. The maximum Gasteiger partial charge on any atom is 0.0980 e. The lowest BCUT2D eigenvalue weighted by atomic mass is 10.0. The third-order valence-electron chi connectivity index (χ3n) is 4.54. The highest BCUT2D eigenvalue weighted by Crippen LogP contribution is 2.20. The Labute approximate surface area is 166 Å². The van der Waals surface area contributed by atoms with Gasteiger partial charge in [0.05, 0.1) is 17.9 Å². The Bertz CT molecular complexity index is 970. The van der Waals surface area contributed by atoms with Crippen LogP contribution in [-0.4, -0.2) is 5.71 Å². The van der Waals surface area contributed by atoms with Crippen LogP contribution >= 0.6 is 0 Å². The predicted octanol–water partition coefficient (Wildman–Crippen LogP) is 6.15. The van der Waals surface area contributed by atoms with E-state index in [9.17, 15) is 0 Å². The van der Waals surface area contributed by atoms with Crippen LogP contribution in [0.15, 0.2) is 126 Å². The quantitative estimate of drug-likeness (QED) is 0.297. The average molecular weight is 362 g/mol. The molecule has 0 aromatic heterocycles. The maximum absolute atomic E-state index is 5.13. The second-order valence-electron chi connectivity index (χ2n) is 6.56. The number of para-hydroxylation sites is 1. The van der Waals surface area contributed by atoms with Crippen LogP contribution in [0.5, 0.6) is 0 Å². The predicted molar refractivity (Wildman–Crippen MR) is 118 cm³/mol. The summed E-state index contributed by atoms with van der Waals surface area (Å²) < 4.78 is 0. The first kappa shape index (κ1) is 17.7. The van der Waals surface area contributed by atoms with Gasteiger partial charge in [-0.15, -0.1) is 0 Å². The number of nitrogens with zero attached hydrogens (tertiary/aromatic N) is 2. The Hall–Kier alpha value is -3.65. The second kappa shape index (κ2) is 8.83. The molecule has 0 aliphatic carbocycles. The van der Waals surface area contributed by atoms with Crippen LogP contribution in [0.3, 0.4) is 0 Å². The fourth-order valence-corrected chi connectivity index (χ4v) is 3.14. The van der Waals surface area contributed by atoms with E-state index in [0.29, 0.717) is 6.54 Å². The first-order chi connectivity index (χ1) is 13.9. The van der Waals surface area contributed by atoms with Gasteiger partial charge in [-0.1, -0.05) is 109 Å². The lowest BCUT2D eigenvalue weighted by molar-refractivity contribution is 0.855. The number of rotatable bonds is 6. The Morgan fingerprint density at radius 2 is 0.964 bits per heavy atom. The molecule has 0 aliphatic heterocycles. The summed E-state index contributed by atoms with van der Waals surface area (Å²) in [6.45, 7) is 0.702. The zero-order chi connectivity index (χ0) is 19.0. The second-order valence-corrected chi connectivity index (χ2v) is 6.56. The summed E-state index contributed by atoms with van der Waals surface area (Å²) in [5.41, 5.74) is 5.44. The first-order valence-electron chi connectivity index (χ1n) is 9.46. The van der Waals surface area contributed by atoms with E-state index in [0.717, 1.165) is 22.5 Å². The summed E-state index contributed by atoms with van der Waals surface area (Å²) in [5.74, 6) is 0. The van der Waals surface area contributed by atoms with E-state index in [1.807, 2.05) is 36.4 Å². The molecule has 0 aliphatic rings. The highest BCUT2D eigenvalue weighted by Gasteiger charge is 2.12. The van der Waals surface area contributed by atoms with Crippen molar-refractivity contribution in [2.75, 3.05) is 5.01 Å². The van der Waals surface area contributed by atoms with Crippen molar-refractivity contribution in [1.29, 1.82) is 0 Å². The van der Waals surface area contributed by atoms with E-state index in [1.54, 1.807) is 0 Å². The molecule has 0 saturated heterocycles. The summed E-state index contributed by atoms with van der Waals surface area (Å²) in [4.78, 5) is 0. The summed E-state index contributed by atoms with van der Waals surface area (Å²) in [6, 6.07) is 41.5. The molecule has 0 fully saturated rings. The number of hydrogen-bond acceptors (Lipinski definition) is 2. The summed E-state index contributed by atoms with van der Waals surface area (Å²) in [5, 5.41) is 7.21. The van der Waals surface area contributed by atoms with E-state index in [2.05, 4.69) is 89.9 Å². The van der Waals surface area contributed by atoms with Gasteiger partial charge in [0, 0.05) is 11.1 Å². The number of anilines is 1. The normalized spacial score (nSPS) is 10.3. The molecule has 0 saturated carbocycles. The smallest absolute Gasteiger partial charge is 0.0980 e. The van der Waals surface area contributed by atoms with Gasteiger partial charge in [0.1, 0.15) is 0 Å². The van der Waals surface area contributed by atoms with Crippen LogP contribution in [0.1, 0.15) is 16.7 Å². The van der Waals surface area contributed by atoms with Crippen LogP contribution < -0.4 is 5.01 Å². The van der Waals surface area contributed by atoms with Gasteiger partial charge in [-0.25, -0.2) is 0 Å². The monoisotopic (exact) mass is 362 g/mol. The Balaban J connectivity index is 1.81. The van der Waals surface area contributed by atoms with Gasteiger partial charge in [0.2, 0.25) is 0 Å². The van der Waals surface area contributed by atoms with Gasteiger partial charge in [0.15, 0.2) is 0 Å². The largest absolute Gasteiger partial charge is 0.261 e. The number of hydrogen-bond donors (Lipinski definition) is 0. The minimum Gasteiger partial charge on any atom is -0.261 e. The molecule has 4 aromatic carbocycles. The molecule has 0 atom stereocenters. The summed E-state index contributed by atoms with van der Waals surface area (Å²) in [6.07, 6.45) is 0. The van der Waals surface area contributed by atoms with Crippen molar-refractivity contribution >= 4 is 11.4 Å². The lowest BCUT2D eigenvalue weighted by Crippen LogP contribution is -2.19. The molecule has 2 heteroatoms. The number of benzene rings is 4. The van der Waals surface area contributed by atoms with Crippen molar-refractivity contribution in [1.82, 2.24) is 0 Å². The van der Waals surface area contributed by atoms with E-state index < -0.39 is 0 Å². The standard InChI is InChI=1S/C26H22N2/c1-5-13-22(14-6-1)21-28(25-19-11-4-12-20-25)27-26(23-15-7-2-8-16-23)24-17-9-3-10-18-24/h1-20H,21H2. The van der Waals surface area contributed by atoms with Crippen LogP contribution in [0.4, 0.5) is 5.69 Å². The highest BCUT2D eigenvalue weighted by molar-refractivity contribution is 6.13. The SMILES string of the molecule is c1ccc(CN(N=C(c2ccccc2)c2ccccc2)c2ccccc2)cc1. The van der Waals surface area contributed by atoms with Gasteiger partial charge >= 0.3 is 0 Å². The third-order valence-corrected chi connectivity index (χ3v) is 4.54. The van der Waals surface area contributed by atoms with Gasteiger partial charge in [0.25, 0.3) is 0 Å². The van der Waals surface area contributed by atoms with E-state index in [1.165, 1.54) is 5.56 Å². The molecule has 0 spiro atoms. The summed E-state index contributed by atoms with van der Waals surface area (Å²) >= 11 is 0. The molecular formula is C26H22N2. The first-order valence-corrected chi connectivity index (χ1v) is 9.46.